The number of hydrogen-bond acceptors (Lipinski definition) is 7. The number of rotatable bonds is 6. The average Bonchev–Trinajstić information content (AvgIpc) is 3.28. The molecule has 0 saturated heterocycles. The third kappa shape index (κ3) is 4.78. The minimum Gasteiger partial charge on any atom is -0.457 e. The number of carbonyl (C=O) groups is 2. The Balaban J connectivity index is 2.05. The van der Waals surface area contributed by atoms with Crippen molar-refractivity contribution in [3.8, 4) is 0 Å². The second-order valence-corrected chi connectivity index (χ2v) is 12.1. The van der Waals surface area contributed by atoms with E-state index in [1.54, 1.807) is 19.9 Å². The lowest BCUT2D eigenvalue weighted by Gasteiger charge is -2.21. The maximum Gasteiger partial charge on any atom is 0.338 e. The first kappa shape index (κ1) is 24.5. The van der Waals surface area contributed by atoms with Crippen LogP contribution in [-0.2, 0) is 38.1 Å². The van der Waals surface area contributed by atoms with Crippen molar-refractivity contribution in [3.05, 3.63) is 45.1 Å². The van der Waals surface area contributed by atoms with Gasteiger partial charge in [0.1, 0.15) is 21.4 Å². The van der Waals surface area contributed by atoms with Crippen LogP contribution in [0.25, 0.3) is 0 Å². The van der Waals surface area contributed by atoms with E-state index in [1.165, 1.54) is 6.20 Å². The molecule has 1 amide bonds. The van der Waals surface area contributed by atoms with E-state index in [0.717, 1.165) is 33.6 Å². The van der Waals surface area contributed by atoms with Crippen molar-refractivity contribution in [2.75, 3.05) is 0 Å². The van der Waals surface area contributed by atoms with Crippen molar-refractivity contribution in [3.63, 3.8) is 0 Å². The highest BCUT2D eigenvalue weighted by atomic mass is 32.2. The fraction of sp³-hybridized carbons (Fsp3) is 0.500. The van der Waals surface area contributed by atoms with Gasteiger partial charge in [0.05, 0.1) is 18.2 Å². The summed E-state index contributed by atoms with van der Waals surface area (Å²) in [6.45, 7) is 11.2. The Labute approximate surface area is 192 Å². The maximum absolute atomic E-state index is 13.0. The van der Waals surface area contributed by atoms with Crippen LogP contribution in [0.2, 0.25) is 0 Å². The lowest BCUT2D eigenvalue weighted by Crippen LogP contribution is -2.17. The second kappa shape index (κ2) is 8.66. The van der Waals surface area contributed by atoms with Crippen LogP contribution in [0.1, 0.15) is 91.0 Å². The van der Waals surface area contributed by atoms with Crippen molar-refractivity contribution in [2.45, 2.75) is 76.2 Å². The van der Waals surface area contributed by atoms with E-state index in [4.69, 9.17) is 9.88 Å². The molecule has 1 aliphatic heterocycles. The molecule has 1 unspecified atom stereocenters. The molecule has 2 aromatic rings. The first-order valence-corrected chi connectivity index (χ1v) is 12.7. The van der Waals surface area contributed by atoms with Crippen LogP contribution in [0.15, 0.2) is 20.8 Å². The van der Waals surface area contributed by atoms with E-state index in [2.05, 4.69) is 9.35 Å². The molecule has 0 radical (unpaired) electrons. The smallest absolute Gasteiger partial charge is 0.338 e. The number of aliphatic hydroxyl groups is 1. The third-order valence-corrected chi connectivity index (χ3v) is 8.48. The summed E-state index contributed by atoms with van der Waals surface area (Å²) >= 11 is 0.966. The molecule has 0 saturated carbocycles. The van der Waals surface area contributed by atoms with Crippen molar-refractivity contribution in [2.24, 2.45) is 9.50 Å². The predicted octanol–water partition coefficient (Wildman–Crippen LogP) is 3.76. The Morgan fingerprint density at radius 3 is 2.53 bits per heavy atom. The second-order valence-electron chi connectivity index (χ2n) is 9.04. The molecule has 32 heavy (non-hydrogen) atoms. The van der Waals surface area contributed by atoms with E-state index in [0.29, 0.717) is 10.6 Å². The summed E-state index contributed by atoms with van der Waals surface area (Å²) < 4.78 is 22.2. The number of nitrogens with zero attached hydrogens (tertiary/aromatic N) is 2. The lowest BCUT2D eigenvalue weighted by atomic mass is 9.82. The van der Waals surface area contributed by atoms with E-state index in [-0.39, 0.29) is 35.0 Å². The van der Waals surface area contributed by atoms with Crippen molar-refractivity contribution in [1.82, 2.24) is 4.98 Å². The number of amides is 1. The highest BCUT2D eigenvalue weighted by Gasteiger charge is 2.31. The molecule has 1 aromatic heterocycles. The van der Waals surface area contributed by atoms with Gasteiger partial charge in [-0.05, 0) is 48.4 Å². The summed E-state index contributed by atoms with van der Waals surface area (Å²) in [5.74, 6) is -0.890. The quantitative estimate of drug-likeness (QED) is 0.606. The molecule has 1 atom stereocenters. The topological polar surface area (TPSA) is 132 Å². The number of ether oxygens (including phenoxy) is 1. The van der Waals surface area contributed by atoms with Gasteiger partial charge in [0.15, 0.2) is 9.92 Å². The van der Waals surface area contributed by atoms with Gasteiger partial charge >= 0.3 is 5.97 Å². The van der Waals surface area contributed by atoms with Crippen LogP contribution < -0.4 is 5.14 Å². The zero-order valence-corrected chi connectivity index (χ0v) is 20.7. The molecular weight excluding hydrogens is 450 g/mol. The maximum atomic E-state index is 13.0. The number of thiazole rings is 1. The van der Waals surface area contributed by atoms with Gasteiger partial charge in [0.2, 0.25) is 0 Å². The molecular formula is C22H29N3O5S2. The molecule has 174 valence electrons. The summed E-state index contributed by atoms with van der Waals surface area (Å²) in [4.78, 5) is 29.2. The SMILES string of the molecule is CC(C)c1cc2c(c(C(C)C)c1CC(=O)N=S(N)(=O)c1cnc(C(C)(C)O)s1)COC2=O. The van der Waals surface area contributed by atoms with Crippen molar-refractivity contribution < 1.29 is 23.6 Å². The molecule has 0 fully saturated rings. The summed E-state index contributed by atoms with van der Waals surface area (Å²) in [7, 11) is -3.51. The standard InChI is InChI=1S/C22H29N3O5S2/c1-11(2)13-7-15-16(10-30-20(15)27)19(12(3)4)14(13)8-17(26)25-32(23,29)18-9-24-21(31-18)22(5,6)28/h7,9,11-12,28H,8,10H2,1-6H3,(H2,23,25,26,29). The largest absolute Gasteiger partial charge is 0.457 e. The molecule has 0 spiro atoms. The summed E-state index contributed by atoms with van der Waals surface area (Å²) in [6.07, 6.45) is 1.20. The molecule has 1 aromatic carbocycles. The highest BCUT2D eigenvalue weighted by Crippen LogP contribution is 2.37. The Morgan fingerprint density at radius 1 is 1.34 bits per heavy atom. The number of nitrogens with two attached hydrogens (primary N) is 1. The van der Waals surface area contributed by atoms with Gasteiger partial charge in [0, 0.05) is 5.56 Å². The van der Waals surface area contributed by atoms with Crippen LogP contribution in [-0.4, -0.2) is 26.2 Å². The fourth-order valence-corrected chi connectivity index (χ4v) is 5.97. The number of carbonyl (C=O) groups excluding carboxylic acids is 2. The summed E-state index contributed by atoms with van der Waals surface area (Å²) in [5, 5.41) is 16.3. The summed E-state index contributed by atoms with van der Waals surface area (Å²) in [6, 6.07) is 1.79. The number of fused-ring (bicyclic) bond motifs is 1. The Bertz CT molecular complexity index is 1200. The zero-order chi connectivity index (χ0) is 24.0. The number of hydrogen-bond donors (Lipinski definition) is 2. The van der Waals surface area contributed by atoms with E-state index >= 15 is 0 Å². The molecule has 3 N–H and O–H groups in total. The molecule has 0 aliphatic carbocycles. The van der Waals surface area contributed by atoms with Crippen LogP contribution in [0, 0.1) is 0 Å². The Morgan fingerprint density at radius 2 is 2.00 bits per heavy atom. The van der Waals surface area contributed by atoms with E-state index in [1.807, 2.05) is 27.7 Å². The minimum absolute atomic E-state index is 0.0396. The van der Waals surface area contributed by atoms with Gasteiger partial charge in [-0.3, -0.25) is 4.79 Å². The lowest BCUT2D eigenvalue weighted by molar-refractivity contribution is -0.117. The van der Waals surface area contributed by atoms with Crippen LogP contribution >= 0.6 is 11.3 Å². The van der Waals surface area contributed by atoms with Crippen LogP contribution in [0.3, 0.4) is 0 Å². The van der Waals surface area contributed by atoms with Crippen LogP contribution in [0.4, 0.5) is 0 Å². The van der Waals surface area contributed by atoms with E-state index < -0.39 is 21.4 Å². The number of esters is 1. The Kier molecular flexibility index (Phi) is 6.63. The molecule has 10 heteroatoms. The van der Waals surface area contributed by atoms with Gasteiger partial charge in [0.25, 0.3) is 5.91 Å². The minimum atomic E-state index is -3.51. The molecule has 8 nitrogen and oxygen atoms in total. The monoisotopic (exact) mass is 479 g/mol. The van der Waals surface area contributed by atoms with Gasteiger partial charge in [-0.25, -0.2) is 19.1 Å². The van der Waals surface area contributed by atoms with Gasteiger partial charge in [-0.2, -0.15) is 0 Å². The zero-order valence-electron chi connectivity index (χ0n) is 19.1. The third-order valence-electron chi connectivity index (χ3n) is 5.25. The fourth-order valence-electron chi connectivity index (χ4n) is 3.83. The first-order chi connectivity index (χ1) is 14.7. The summed E-state index contributed by atoms with van der Waals surface area (Å²) in [5.41, 5.74) is 2.65. The highest BCUT2D eigenvalue weighted by molar-refractivity contribution is 7.93. The number of benzene rings is 1. The number of cyclic esters (lactones) is 1. The normalized spacial score (nSPS) is 15.6. The van der Waals surface area contributed by atoms with Crippen molar-refractivity contribution >= 4 is 33.1 Å². The van der Waals surface area contributed by atoms with Crippen molar-refractivity contribution in [1.29, 1.82) is 0 Å². The first-order valence-electron chi connectivity index (χ1n) is 10.3. The average molecular weight is 480 g/mol. The van der Waals surface area contributed by atoms with Gasteiger partial charge in [-0.15, -0.1) is 15.7 Å². The van der Waals surface area contributed by atoms with Gasteiger partial charge in [-0.1, -0.05) is 27.7 Å². The molecule has 1 aliphatic rings. The molecule has 3 rings (SSSR count). The van der Waals surface area contributed by atoms with E-state index in [9.17, 15) is 18.9 Å². The molecule has 2 heterocycles. The van der Waals surface area contributed by atoms with Gasteiger partial charge < -0.3 is 9.84 Å². The Hall–Kier alpha value is -2.14. The predicted molar refractivity (Wildman–Crippen MR) is 123 cm³/mol. The number of aromatic nitrogens is 1. The molecule has 0 bridgehead atoms. The van der Waals surface area contributed by atoms with Crippen LogP contribution in [0.5, 0.6) is 0 Å².